The van der Waals surface area contributed by atoms with Gasteiger partial charge >= 0.3 is 0 Å². The maximum absolute atomic E-state index is 9.87. The summed E-state index contributed by atoms with van der Waals surface area (Å²) >= 11 is 0. The van der Waals surface area contributed by atoms with E-state index in [9.17, 15) is 4.79 Å². The maximum Gasteiger partial charge on any atom is 0.112 e. The summed E-state index contributed by atoms with van der Waals surface area (Å²) < 4.78 is 0. The van der Waals surface area contributed by atoms with E-state index in [-0.39, 0.29) is 17.1 Å². The van der Waals surface area contributed by atoms with Crippen molar-refractivity contribution in [3.63, 3.8) is 0 Å². The Labute approximate surface area is 95.0 Å². The van der Waals surface area contributed by atoms with E-state index in [0.717, 1.165) is 11.8 Å². The Kier molecular flexibility index (Phi) is 7.81. The fourth-order valence-electron chi connectivity index (χ4n) is 0.967. The number of carbonyl (C=O) groups excluding carboxylic acids is 1. The molecule has 0 atom stereocenters. The van der Waals surface area contributed by atoms with E-state index in [0.29, 0.717) is 6.42 Å². The van der Waals surface area contributed by atoms with Crippen molar-refractivity contribution in [2.24, 2.45) is 0 Å². The van der Waals surface area contributed by atoms with Gasteiger partial charge in [-0.15, -0.1) is 0 Å². The molecule has 2 heteroatoms. The molecule has 2 rings (SSSR count). The Morgan fingerprint density at radius 1 is 1.00 bits per heavy atom. The quantitative estimate of drug-likeness (QED) is 0.438. The second kappa shape index (κ2) is 8.49. The number of aldehydes is 1. The van der Waals surface area contributed by atoms with Crippen LogP contribution in [0.2, 0.25) is 0 Å². The van der Waals surface area contributed by atoms with Crippen molar-refractivity contribution in [1.82, 2.24) is 0 Å². The van der Waals surface area contributed by atoms with Crippen LogP contribution in [-0.2, 0) is 28.3 Å². The first kappa shape index (κ1) is 12.9. The zero-order chi connectivity index (χ0) is 9.36. The minimum Gasteiger partial charge on any atom is -0.748 e. The van der Waals surface area contributed by atoms with Gasteiger partial charge in [0.15, 0.2) is 0 Å². The smallest absolute Gasteiger partial charge is 0.112 e. The predicted octanol–water partition coefficient (Wildman–Crippen LogP) is 2.55. The summed E-state index contributed by atoms with van der Waals surface area (Å²) in [5, 5.41) is 0. The zero-order valence-corrected chi connectivity index (χ0v) is 8.85. The van der Waals surface area contributed by atoms with Gasteiger partial charge in [0, 0.05) is 17.1 Å². The molecule has 0 aliphatic carbocycles. The number of rotatable bonds is 2. The summed E-state index contributed by atoms with van der Waals surface area (Å²) in [5.74, 6) is 0. The van der Waals surface area contributed by atoms with Crippen LogP contribution in [0.1, 0.15) is 5.56 Å². The molecule has 0 bridgehead atoms. The molecule has 2 aromatic rings. The van der Waals surface area contributed by atoms with Crippen LogP contribution < -0.4 is 0 Å². The monoisotopic (exact) mass is 228 g/mol. The largest absolute Gasteiger partial charge is 0.748 e. The van der Waals surface area contributed by atoms with Gasteiger partial charge in [-0.3, -0.25) is 0 Å². The van der Waals surface area contributed by atoms with Crippen LogP contribution in [0, 0.1) is 0 Å². The summed E-state index contributed by atoms with van der Waals surface area (Å²) in [6, 6.07) is 17.7. The number of carbonyl (C=O) groups is 1. The SMILES string of the molecule is O=CC[c-]1cccc1.[Fe].[cH-]1[cH-][cH-][cH-][cH-]1. The first-order chi connectivity index (χ1) is 6.43. The van der Waals surface area contributed by atoms with Gasteiger partial charge in [-0.1, -0.05) is 0 Å². The molecule has 0 aliphatic rings. The van der Waals surface area contributed by atoms with Crippen molar-refractivity contribution in [2.45, 2.75) is 6.42 Å². The molecule has 0 fully saturated rings. The van der Waals surface area contributed by atoms with Gasteiger partial charge < -0.3 is 35.1 Å². The normalized spacial score (nSPS) is 8.00. The fraction of sp³-hybridized carbons (Fsp3) is 0.0833. The Hall–Kier alpha value is -1.11. The molecule has 0 saturated carbocycles. The molecule has 80 valence electrons. The molecule has 0 aromatic heterocycles. The van der Waals surface area contributed by atoms with Crippen LogP contribution in [-0.4, -0.2) is 6.29 Å². The van der Waals surface area contributed by atoms with Crippen LogP contribution in [0.4, 0.5) is 0 Å². The van der Waals surface area contributed by atoms with Crippen LogP contribution in [0.15, 0.2) is 54.6 Å². The molecule has 1 nitrogen and oxygen atoms in total. The fourth-order valence-corrected chi connectivity index (χ4v) is 0.967. The predicted molar refractivity (Wildman–Crippen MR) is 53.8 cm³/mol. The molecule has 0 spiro atoms. The number of hydrogen-bond donors (Lipinski definition) is 0. The van der Waals surface area contributed by atoms with E-state index < -0.39 is 0 Å². The zero-order valence-electron chi connectivity index (χ0n) is 7.74. The molecule has 0 radical (unpaired) electrons. The van der Waals surface area contributed by atoms with E-state index >= 15 is 0 Å². The molecular formula is C12H12FeO-6. The van der Waals surface area contributed by atoms with Gasteiger partial charge in [0.25, 0.3) is 0 Å². The third-order valence-corrected chi connectivity index (χ3v) is 1.61. The standard InChI is InChI=1S/C7H7O.C5H5.Fe/c8-6-5-7-3-1-2-4-7;1-2-4-5-3-1;/h1-4,6H,5H2;1-5H;/q-1;-5;. The third kappa shape index (κ3) is 5.52. The first-order valence-corrected chi connectivity index (χ1v) is 4.24. The van der Waals surface area contributed by atoms with Crippen molar-refractivity contribution < 1.29 is 21.9 Å². The van der Waals surface area contributed by atoms with Crippen LogP contribution >= 0.6 is 0 Å². The second-order valence-electron chi connectivity index (χ2n) is 2.63. The van der Waals surface area contributed by atoms with E-state index in [1.165, 1.54) is 0 Å². The van der Waals surface area contributed by atoms with Gasteiger partial charge in [-0.2, -0.15) is 17.7 Å². The van der Waals surface area contributed by atoms with Gasteiger partial charge in [0.05, 0.1) is 0 Å². The Balaban J connectivity index is 0.000000246. The molecule has 2 aromatic carbocycles. The summed E-state index contributed by atoms with van der Waals surface area (Å²) in [6.07, 6.45) is 1.46. The maximum atomic E-state index is 9.87. The summed E-state index contributed by atoms with van der Waals surface area (Å²) in [7, 11) is 0. The van der Waals surface area contributed by atoms with Gasteiger partial charge in [-0.05, 0) is 6.42 Å². The summed E-state index contributed by atoms with van der Waals surface area (Å²) in [6.45, 7) is 0. The van der Waals surface area contributed by atoms with Crippen molar-refractivity contribution in [2.75, 3.05) is 0 Å². The molecule has 0 unspecified atom stereocenters. The third-order valence-electron chi connectivity index (χ3n) is 1.61. The minimum absolute atomic E-state index is 0. The molecule has 0 amide bonds. The topological polar surface area (TPSA) is 17.1 Å². The minimum atomic E-state index is 0. The average Bonchev–Trinajstić information content (AvgIpc) is 2.79. The summed E-state index contributed by atoms with van der Waals surface area (Å²) in [5.41, 5.74) is 1.10. The van der Waals surface area contributed by atoms with Gasteiger partial charge in [0.1, 0.15) is 6.29 Å². The van der Waals surface area contributed by atoms with Crippen molar-refractivity contribution in [1.29, 1.82) is 0 Å². The number of hydrogen-bond acceptors (Lipinski definition) is 1. The first-order valence-electron chi connectivity index (χ1n) is 4.24. The van der Waals surface area contributed by atoms with Crippen LogP contribution in [0.5, 0.6) is 0 Å². The van der Waals surface area contributed by atoms with Gasteiger partial charge in [0.2, 0.25) is 0 Å². The molecule has 0 saturated heterocycles. The molecular weight excluding hydrogens is 216 g/mol. The summed E-state index contributed by atoms with van der Waals surface area (Å²) in [4.78, 5) is 9.87. The van der Waals surface area contributed by atoms with Crippen molar-refractivity contribution in [3.8, 4) is 0 Å². The van der Waals surface area contributed by atoms with E-state index in [2.05, 4.69) is 0 Å². The molecule has 0 heterocycles. The van der Waals surface area contributed by atoms with E-state index in [4.69, 9.17) is 0 Å². The Morgan fingerprint density at radius 2 is 1.43 bits per heavy atom. The average molecular weight is 228 g/mol. The van der Waals surface area contributed by atoms with Crippen molar-refractivity contribution in [3.05, 3.63) is 60.2 Å². The van der Waals surface area contributed by atoms with E-state index in [1.807, 2.05) is 54.6 Å². The van der Waals surface area contributed by atoms with Crippen LogP contribution in [0.25, 0.3) is 0 Å². The van der Waals surface area contributed by atoms with E-state index in [1.54, 1.807) is 0 Å². The van der Waals surface area contributed by atoms with Crippen molar-refractivity contribution >= 4 is 6.29 Å². The van der Waals surface area contributed by atoms with Gasteiger partial charge in [-0.25, -0.2) is 12.1 Å². The molecule has 14 heavy (non-hydrogen) atoms. The second-order valence-corrected chi connectivity index (χ2v) is 2.63. The van der Waals surface area contributed by atoms with Crippen LogP contribution in [0.3, 0.4) is 0 Å². The Morgan fingerprint density at radius 3 is 1.79 bits per heavy atom. The molecule has 0 N–H and O–H groups in total. The molecule has 0 aliphatic heterocycles. The Bertz CT molecular complexity index is 278.